The second-order valence-corrected chi connectivity index (χ2v) is 10.4. The van der Waals surface area contributed by atoms with Crippen molar-refractivity contribution in [2.75, 3.05) is 25.1 Å². The first-order valence-corrected chi connectivity index (χ1v) is 12.7. The normalized spacial score (nSPS) is 12.1. The highest BCUT2D eigenvalue weighted by Gasteiger charge is 2.29. The lowest BCUT2D eigenvalue weighted by atomic mass is 10.1. The summed E-state index contributed by atoms with van der Waals surface area (Å²) in [6, 6.07) is 17.4. The zero-order chi connectivity index (χ0) is 25.8. The number of methoxy groups -OCH3 is 2. The molecule has 3 aromatic rings. The fourth-order valence-electron chi connectivity index (χ4n) is 3.87. The zero-order valence-electron chi connectivity index (χ0n) is 21.0. The van der Waals surface area contributed by atoms with Crippen molar-refractivity contribution in [2.45, 2.75) is 38.6 Å². The van der Waals surface area contributed by atoms with Crippen LogP contribution in [0.5, 0.6) is 11.5 Å². The molecule has 0 spiro atoms. The molecule has 0 fully saturated rings. The molecule has 0 heterocycles. The molecule has 0 unspecified atom stereocenters. The standard InChI is InChI=1S/C27H32N2O5S/c1-18-7-9-22(10-8-18)21(4)28-27(30)17-29(23-14-19(2)13-20(3)15-23)35(31,32)24-11-12-25(33-5)26(16-24)34-6/h7-16,21H,17H2,1-6H3,(H,28,30)/t21-/m1/s1. The Balaban J connectivity index is 1.98. The molecule has 3 rings (SSSR count). The van der Waals surface area contributed by atoms with Crippen molar-refractivity contribution in [1.29, 1.82) is 0 Å². The van der Waals surface area contributed by atoms with Gasteiger partial charge in [0.05, 0.1) is 30.8 Å². The van der Waals surface area contributed by atoms with Gasteiger partial charge in [0, 0.05) is 6.07 Å². The molecule has 1 N–H and O–H groups in total. The second-order valence-electron chi connectivity index (χ2n) is 8.57. The summed E-state index contributed by atoms with van der Waals surface area (Å²) in [5.74, 6) is 0.279. The Labute approximate surface area is 207 Å². The van der Waals surface area contributed by atoms with E-state index in [4.69, 9.17) is 9.47 Å². The summed E-state index contributed by atoms with van der Waals surface area (Å²) < 4.78 is 39.3. The molecule has 0 saturated heterocycles. The fraction of sp³-hybridized carbons (Fsp3) is 0.296. The predicted octanol–water partition coefficient (Wildman–Crippen LogP) is 4.70. The lowest BCUT2D eigenvalue weighted by Gasteiger charge is -2.26. The number of anilines is 1. The Morgan fingerprint density at radius 3 is 2.03 bits per heavy atom. The largest absolute Gasteiger partial charge is 0.493 e. The van der Waals surface area contributed by atoms with Crippen LogP contribution in [-0.2, 0) is 14.8 Å². The summed E-state index contributed by atoms with van der Waals surface area (Å²) in [4.78, 5) is 13.1. The number of aryl methyl sites for hydroxylation is 3. The van der Waals surface area contributed by atoms with E-state index in [1.807, 2.05) is 58.0 Å². The molecule has 186 valence electrons. The molecule has 0 aliphatic carbocycles. The molecule has 0 aliphatic heterocycles. The van der Waals surface area contributed by atoms with Crippen LogP contribution in [-0.4, -0.2) is 35.1 Å². The monoisotopic (exact) mass is 496 g/mol. The molecule has 0 aliphatic rings. The van der Waals surface area contributed by atoms with Gasteiger partial charge in [0.15, 0.2) is 11.5 Å². The van der Waals surface area contributed by atoms with Crippen LogP contribution in [0, 0.1) is 20.8 Å². The highest BCUT2D eigenvalue weighted by atomic mass is 32.2. The Bertz CT molecular complexity index is 1280. The maximum Gasteiger partial charge on any atom is 0.264 e. The number of carbonyl (C=O) groups is 1. The van der Waals surface area contributed by atoms with E-state index in [1.165, 1.54) is 32.4 Å². The Hall–Kier alpha value is -3.52. The van der Waals surface area contributed by atoms with Crippen molar-refractivity contribution >= 4 is 21.6 Å². The third kappa shape index (κ3) is 6.14. The molecule has 35 heavy (non-hydrogen) atoms. The second kappa shape index (κ2) is 10.8. The first-order chi connectivity index (χ1) is 16.5. The minimum absolute atomic E-state index is 0.00584. The molecular weight excluding hydrogens is 464 g/mol. The number of rotatable bonds is 9. The van der Waals surface area contributed by atoms with Gasteiger partial charge >= 0.3 is 0 Å². The van der Waals surface area contributed by atoms with Gasteiger partial charge in [-0.3, -0.25) is 9.10 Å². The van der Waals surface area contributed by atoms with Crippen LogP contribution in [0.2, 0.25) is 0 Å². The average molecular weight is 497 g/mol. The number of sulfonamides is 1. The van der Waals surface area contributed by atoms with E-state index in [1.54, 1.807) is 12.1 Å². The van der Waals surface area contributed by atoms with E-state index in [0.29, 0.717) is 11.4 Å². The summed E-state index contributed by atoms with van der Waals surface area (Å²) in [6.07, 6.45) is 0. The number of amides is 1. The SMILES string of the molecule is COc1ccc(S(=O)(=O)N(CC(=O)N[C@H](C)c2ccc(C)cc2)c2cc(C)cc(C)c2)cc1OC. The quantitative estimate of drug-likeness (QED) is 0.464. The number of nitrogens with one attached hydrogen (secondary N) is 1. The number of benzene rings is 3. The predicted molar refractivity (Wildman–Crippen MR) is 138 cm³/mol. The van der Waals surface area contributed by atoms with E-state index < -0.39 is 15.9 Å². The van der Waals surface area contributed by atoms with Crippen LogP contribution < -0.4 is 19.1 Å². The summed E-state index contributed by atoms with van der Waals surface area (Å²) in [5.41, 5.74) is 4.25. The molecule has 0 aromatic heterocycles. The molecule has 0 bridgehead atoms. The number of carbonyl (C=O) groups excluding carboxylic acids is 1. The van der Waals surface area contributed by atoms with Gasteiger partial charge in [-0.2, -0.15) is 0 Å². The molecule has 8 heteroatoms. The van der Waals surface area contributed by atoms with Gasteiger partial charge in [-0.15, -0.1) is 0 Å². The van der Waals surface area contributed by atoms with E-state index in [9.17, 15) is 13.2 Å². The third-order valence-corrected chi connectivity index (χ3v) is 7.45. The first-order valence-electron chi connectivity index (χ1n) is 11.2. The van der Waals surface area contributed by atoms with Crippen LogP contribution in [0.25, 0.3) is 0 Å². The van der Waals surface area contributed by atoms with Gasteiger partial charge < -0.3 is 14.8 Å². The van der Waals surface area contributed by atoms with E-state index in [2.05, 4.69) is 5.32 Å². The van der Waals surface area contributed by atoms with Gasteiger partial charge in [-0.05, 0) is 68.7 Å². The number of nitrogens with zero attached hydrogens (tertiary/aromatic N) is 1. The van der Waals surface area contributed by atoms with Crippen molar-refractivity contribution in [1.82, 2.24) is 5.32 Å². The number of ether oxygens (including phenoxy) is 2. The highest BCUT2D eigenvalue weighted by molar-refractivity contribution is 7.92. The topological polar surface area (TPSA) is 84.9 Å². The number of hydrogen-bond donors (Lipinski definition) is 1. The van der Waals surface area contributed by atoms with Crippen LogP contribution in [0.15, 0.2) is 65.6 Å². The molecule has 1 atom stereocenters. The molecule has 1 amide bonds. The maximum absolute atomic E-state index is 13.8. The fourth-order valence-corrected chi connectivity index (χ4v) is 5.29. The first kappa shape index (κ1) is 26.1. The van der Waals surface area contributed by atoms with E-state index >= 15 is 0 Å². The lowest BCUT2D eigenvalue weighted by Crippen LogP contribution is -2.41. The van der Waals surface area contributed by atoms with Crippen molar-refractivity contribution in [3.63, 3.8) is 0 Å². The minimum atomic E-state index is -4.11. The summed E-state index contributed by atoms with van der Waals surface area (Å²) >= 11 is 0. The maximum atomic E-state index is 13.8. The average Bonchev–Trinajstić information content (AvgIpc) is 2.81. The van der Waals surface area contributed by atoms with Gasteiger partial charge in [0.25, 0.3) is 10.0 Å². The van der Waals surface area contributed by atoms with Crippen LogP contribution >= 0.6 is 0 Å². The van der Waals surface area contributed by atoms with Gasteiger partial charge in [-0.1, -0.05) is 35.9 Å². The number of hydrogen-bond acceptors (Lipinski definition) is 5. The summed E-state index contributed by atoms with van der Waals surface area (Å²) in [7, 11) is -1.19. The van der Waals surface area contributed by atoms with Crippen molar-refractivity contribution in [3.8, 4) is 11.5 Å². The van der Waals surface area contributed by atoms with Crippen LogP contribution in [0.1, 0.15) is 35.2 Å². The minimum Gasteiger partial charge on any atom is -0.493 e. The molecule has 0 radical (unpaired) electrons. The van der Waals surface area contributed by atoms with E-state index in [-0.39, 0.29) is 23.2 Å². The van der Waals surface area contributed by atoms with Crippen LogP contribution in [0.3, 0.4) is 0 Å². The molecular formula is C27H32N2O5S. The van der Waals surface area contributed by atoms with Crippen molar-refractivity contribution < 1.29 is 22.7 Å². The molecule has 7 nitrogen and oxygen atoms in total. The zero-order valence-corrected chi connectivity index (χ0v) is 21.8. The van der Waals surface area contributed by atoms with Crippen LogP contribution in [0.4, 0.5) is 5.69 Å². The highest BCUT2D eigenvalue weighted by Crippen LogP contribution is 2.32. The molecule has 3 aromatic carbocycles. The molecule has 0 saturated carbocycles. The van der Waals surface area contributed by atoms with E-state index in [0.717, 1.165) is 26.6 Å². The Morgan fingerprint density at radius 2 is 1.46 bits per heavy atom. The smallest absolute Gasteiger partial charge is 0.264 e. The van der Waals surface area contributed by atoms with Gasteiger partial charge in [0.1, 0.15) is 6.54 Å². The van der Waals surface area contributed by atoms with Crippen molar-refractivity contribution in [3.05, 3.63) is 82.9 Å². The summed E-state index contributed by atoms with van der Waals surface area (Å²) in [5, 5.41) is 2.92. The van der Waals surface area contributed by atoms with Crippen molar-refractivity contribution in [2.24, 2.45) is 0 Å². The third-order valence-electron chi connectivity index (χ3n) is 5.68. The summed E-state index contributed by atoms with van der Waals surface area (Å²) in [6.45, 7) is 7.25. The van der Waals surface area contributed by atoms with Gasteiger partial charge in [0.2, 0.25) is 5.91 Å². The lowest BCUT2D eigenvalue weighted by molar-refractivity contribution is -0.120. The van der Waals surface area contributed by atoms with Gasteiger partial charge in [-0.25, -0.2) is 8.42 Å². The Morgan fingerprint density at radius 1 is 0.857 bits per heavy atom. The Kier molecular flexibility index (Phi) is 8.07.